The zero-order chi connectivity index (χ0) is 11.8. The second kappa shape index (κ2) is 4.10. The van der Waals surface area contributed by atoms with E-state index in [1.807, 2.05) is 6.92 Å². The van der Waals surface area contributed by atoms with Crippen molar-refractivity contribution in [3.63, 3.8) is 0 Å². The van der Waals surface area contributed by atoms with Gasteiger partial charge in [0.2, 0.25) is 10.0 Å². The lowest BCUT2D eigenvalue weighted by molar-refractivity contribution is 0.213. The number of aliphatic hydroxyl groups excluding tert-OH is 1. The van der Waals surface area contributed by atoms with Gasteiger partial charge in [-0.25, -0.2) is 13.1 Å². The molecule has 90 valence electrons. The molecule has 0 amide bonds. The van der Waals surface area contributed by atoms with Crippen LogP contribution in [0.15, 0.2) is 16.3 Å². The number of sulfonamides is 1. The molecule has 1 aromatic heterocycles. The van der Waals surface area contributed by atoms with E-state index in [1.165, 1.54) is 11.3 Å². The third-order valence-electron chi connectivity index (χ3n) is 2.91. The lowest BCUT2D eigenvalue weighted by Crippen LogP contribution is -2.31. The summed E-state index contributed by atoms with van der Waals surface area (Å²) >= 11 is 1.26. The minimum atomic E-state index is -3.39. The summed E-state index contributed by atoms with van der Waals surface area (Å²) in [5.74, 6) is 0. The van der Waals surface area contributed by atoms with Gasteiger partial charge in [-0.3, -0.25) is 0 Å². The fraction of sp³-hybridized carbons (Fsp3) is 0.600. The third kappa shape index (κ3) is 2.45. The molecule has 1 aromatic rings. The molecule has 0 unspecified atom stereocenters. The molecule has 1 aliphatic carbocycles. The third-order valence-corrected chi connectivity index (χ3v) is 5.80. The SMILES string of the molecule is Cc1ccc(S(=O)(=O)NCC2(CO)CC2)s1. The van der Waals surface area contributed by atoms with Gasteiger partial charge in [-0.05, 0) is 31.9 Å². The van der Waals surface area contributed by atoms with Crippen molar-refractivity contribution in [3.05, 3.63) is 17.0 Å². The fourth-order valence-electron chi connectivity index (χ4n) is 1.44. The van der Waals surface area contributed by atoms with Gasteiger partial charge in [0.05, 0.1) is 0 Å². The highest BCUT2D eigenvalue weighted by Gasteiger charge is 2.42. The van der Waals surface area contributed by atoms with E-state index in [0.717, 1.165) is 17.7 Å². The minimum Gasteiger partial charge on any atom is -0.396 e. The molecular weight excluding hydrogens is 246 g/mol. The number of aliphatic hydroxyl groups is 1. The Morgan fingerprint density at radius 3 is 2.62 bits per heavy atom. The molecule has 6 heteroatoms. The molecule has 16 heavy (non-hydrogen) atoms. The Kier molecular flexibility index (Phi) is 3.09. The molecular formula is C10H15NO3S2. The monoisotopic (exact) mass is 261 g/mol. The summed E-state index contributed by atoms with van der Waals surface area (Å²) in [5.41, 5.74) is -0.195. The topological polar surface area (TPSA) is 66.4 Å². The lowest BCUT2D eigenvalue weighted by atomic mass is 10.1. The highest BCUT2D eigenvalue weighted by atomic mass is 32.2. The number of thiophene rings is 1. The van der Waals surface area contributed by atoms with E-state index in [-0.39, 0.29) is 12.0 Å². The Morgan fingerprint density at radius 1 is 1.50 bits per heavy atom. The average Bonchev–Trinajstić information content (AvgIpc) is 2.91. The summed E-state index contributed by atoms with van der Waals surface area (Å²) in [6.07, 6.45) is 1.80. The van der Waals surface area contributed by atoms with Crippen LogP contribution in [0.2, 0.25) is 0 Å². The van der Waals surface area contributed by atoms with Gasteiger partial charge in [0.1, 0.15) is 4.21 Å². The summed E-state index contributed by atoms with van der Waals surface area (Å²) in [4.78, 5) is 0.976. The Hall–Kier alpha value is -0.430. The first-order valence-corrected chi connectivity index (χ1v) is 7.44. The molecule has 0 radical (unpaired) electrons. The van der Waals surface area contributed by atoms with E-state index >= 15 is 0 Å². The second-order valence-electron chi connectivity index (χ2n) is 4.35. The van der Waals surface area contributed by atoms with Gasteiger partial charge < -0.3 is 5.11 Å². The van der Waals surface area contributed by atoms with Gasteiger partial charge in [0.25, 0.3) is 0 Å². The highest BCUT2D eigenvalue weighted by molar-refractivity contribution is 7.91. The summed E-state index contributed by atoms with van der Waals surface area (Å²) in [6, 6.07) is 3.40. The summed E-state index contributed by atoms with van der Waals surface area (Å²) in [7, 11) is -3.39. The van der Waals surface area contributed by atoms with Crippen LogP contribution in [0.5, 0.6) is 0 Å². The van der Waals surface area contributed by atoms with E-state index in [1.54, 1.807) is 12.1 Å². The Balaban J connectivity index is 2.04. The van der Waals surface area contributed by atoms with E-state index in [4.69, 9.17) is 5.11 Å². The van der Waals surface area contributed by atoms with Crippen molar-refractivity contribution < 1.29 is 13.5 Å². The quantitative estimate of drug-likeness (QED) is 0.834. The molecule has 1 saturated carbocycles. The largest absolute Gasteiger partial charge is 0.396 e. The molecule has 0 aliphatic heterocycles. The van der Waals surface area contributed by atoms with E-state index in [2.05, 4.69) is 4.72 Å². The predicted octanol–water partition coefficient (Wildman–Crippen LogP) is 1.11. The zero-order valence-electron chi connectivity index (χ0n) is 9.06. The average molecular weight is 261 g/mol. The van der Waals surface area contributed by atoms with Gasteiger partial charge in [-0.1, -0.05) is 0 Å². The van der Waals surface area contributed by atoms with E-state index in [9.17, 15) is 8.42 Å². The minimum absolute atomic E-state index is 0.0546. The van der Waals surface area contributed by atoms with Gasteiger partial charge in [0, 0.05) is 23.4 Å². The van der Waals surface area contributed by atoms with Gasteiger partial charge in [0.15, 0.2) is 0 Å². The fourth-order valence-corrected chi connectivity index (χ4v) is 3.93. The second-order valence-corrected chi connectivity index (χ2v) is 7.63. The van der Waals surface area contributed by atoms with Crippen LogP contribution in [0, 0.1) is 12.3 Å². The van der Waals surface area contributed by atoms with Gasteiger partial charge in [-0.15, -0.1) is 11.3 Å². The molecule has 1 fully saturated rings. The summed E-state index contributed by atoms with van der Waals surface area (Å²) < 4.78 is 26.6. The Morgan fingerprint density at radius 2 is 2.19 bits per heavy atom. The maximum Gasteiger partial charge on any atom is 0.250 e. The van der Waals surface area contributed by atoms with Crippen molar-refractivity contribution in [2.24, 2.45) is 5.41 Å². The molecule has 0 spiro atoms. The molecule has 0 atom stereocenters. The number of nitrogens with one attached hydrogen (secondary N) is 1. The molecule has 1 heterocycles. The molecule has 4 nitrogen and oxygen atoms in total. The highest BCUT2D eigenvalue weighted by Crippen LogP contribution is 2.44. The maximum absolute atomic E-state index is 11.9. The number of rotatable bonds is 5. The number of aryl methyl sites for hydroxylation is 1. The van der Waals surface area contributed by atoms with Crippen LogP contribution in [0.4, 0.5) is 0 Å². The molecule has 0 aromatic carbocycles. The standard InChI is InChI=1S/C10H15NO3S2/c1-8-2-3-9(15-8)16(13,14)11-6-10(7-12)4-5-10/h2-3,11-12H,4-7H2,1H3. The first-order chi connectivity index (χ1) is 7.47. The molecule has 0 bridgehead atoms. The van der Waals surface area contributed by atoms with Crippen LogP contribution in [0.1, 0.15) is 17.7 Å². The number of hydrogen-bond acceptors (Lipinski definition) is 4. The summed E-state index contributed by atoms with van der Waals surface area (Å²) in [5, 5.41) is 9.10. The predicted molar refractivity (Wildman–Crippen MR) is 63.0 cm³/mol. The van der Waals surface area contributed by atoms with Crippen molar-refractivity contribution in [1.82, 2.24) is 4.72 Å². The van der Waals surface area contributed by atoms with Crippen molar-refractivity contribution in [2.75, 3.05) is 13.2 Å². The van der Waals surface area contributed by atoms with E-state index < -0.39 is 10.0 Å². The van der Waals surface area contributed by atoms with Crippen LogP contribution in [-0.4, -0.2) is 26.7 Å². The van der Waals surface area contributed by atoms with Crippen molar-refractivity contribution in [2.45, 2.75) is 24.0 Å². The zero-order valence-corrected chi connectivity index (χ0v) is 10.7. The van der Waals surface area contributed by atoms with Crippen LogP contribution in [0.25, 0.3) is 0 Å². The summed E-state index contributed by atoms with van der Waals surface area (Å²) in [6.45, 7) is 2.27. The van der Waals surface area contributed by atoms with Crippen molar-refractivity contribution >= 4 is 21.4 Å². The van der Waals surface area contributed by atoms with Crippen LogP contribution in [0.3, 0.4) is 0 Å². The van der Waals surface area contributed by atoms with Crippen LogP contribution in [-0.2, 0) is 10.0 Å². The normalized spacial score (nSPS) is 18.6. The molecule has 2 rings (SSSR count). The van der Waals surface area contributed by atoms with Crippen molar-refractivity contribution in [3.8, 4) is 0 Å². The first-order valence-electron chi connectivity index (χ1n) is 5.14. The molecule has 2 N–H and O–H groups in total. The lowest BCUT2D eigenvalue weighted by Gasteiger charge is -2.12. The van der Waals surface area contributed by atoms with Gasteiger partial charge >= 0.3 is 0 Å². The van der Waals surface area contributed by atoms with Gasteiger partial charge in [-0.2, -0.15) is 0 Å². The maximum atomic E-state index is 11.9. The smallest absolute Gasteiger partial charge is 0.250 e. The molecule has 0 saturated heterocycles. The van der Waals surface area contributed by atoms with E-state index in [0.29, 0.717) is 10.8 Å². The molecule has 1 aliphatic rings. The Bertz CT molecular complexity index is 474. The van der Waals surface area contributed by atoms with Crippen molar-refractivity contribution in [1.29, 1.82) is 0 Å². The van der Waals surface area contributed by atoms with Crippen LogP contribution < -0.4 is 4.72 Å². The first kappa shape index (κ1) is 12.0. The van der Waals surface area contributed by atoms with Crippen LogP contribution >= 0.6 is 11.3 Å². The number of hydrogen-bond donors (Lipinski definition) is 2. The Labute approximate surface area is 99.4 Å².